The summed E-state index contributed by atoms with van der Waals surface area (Å²) in [6, 6.07) is 16.3. The zero-order chi connectivity index (χ0) is 19.6. The minimum atomic E-state index is 0. The maximum absolute atomic E-state index is 6.00. The third-order valence-corrected chi connectivity index (χ3v) is 6.67. The van der Waals surface area contributed by atoms with Crippen molar-refractivity contribution in [2.75, 3.05) is 12.3 Å². The number of nitrogens with one attached hydrogen (secondary N) is 1. The first kappa shape index (κ1) is 22.9. The minimum absolute atomic E-state index is 0. The Bertz CT molecular complexity index is 924. The summed E-state index contributed by atoms with van der Waals surface area (Å²) < 4.78 is 0. The van der Waals surface area contributed by atoms with Gasteiger partial charge < -0.3 is 16.4 Å². The van der Waals surface area contributed by atoms with Crippen molar-refractivity contribution in [3.63, 3.8) is 0 Å². The van der Waals surface area contributed by atoms with Crippen LogP contribution in [0.2, 0.25) is 0 Å². The average Bonchev–Trinajstić information content (AvgIpc) is 3.44. The van der Waals surface area contributed by atoms with Crippen molar-refractivity contribution in [2.24, 2.45) is 0 Å². The normalized spacial score (nSPS) is 15.9. The molecular weight excluding hydrogens is 403 g/mol. The summed E-state index contributed by atoms with van der Waals surface area (Å²) in [6.45, 7) is 6.02. The smallest absolute Gasteiger partial charge is 0.656 e. The largest absolute Gasteiger partial charge is 1.00 e. The predicted molar refractivity (Wildman–Crippen MR) is 119 cm³/mol. The molecule has 29 heavy (non-hydrogen) atoms. The van der Waals surface area contributed by atoms with E-state index in [0.29, 0.717) is 5.69 Å². The SMILES string of the molecule is CC.Nc1ccccc1[N-]c1ccc(C2(c3nc4c(s3)CNCC4)CC2)cc1.[K+]. The summed E-state index contributed by atoms with van der Waals surface area (Å²) in [7, 11) is 0. The minimum Gasteiger partial charge on any atom is -0.656 e. The van der Waals surface area contributed by atoms with Crippen LogP contribution in [0, 0.1) is 0 Å². The summed E-state index contributed by atoms with van der Waals surface area (Å²) in [5.41, 5.74) is 11.3. The molecule has 3 aromatic rings. The van der Waals surface area contributed by atoms with E-state index in [1.54, 1.807) is 0 Å². The molecule has 0 atom stereocenters. The molecule has 5 rings (SSSR count). The quantitative estimate of drug-likeness (QED) is 0.494. The van der Waals surface area contributed by atoms with Crippen molar-refractivity contribution >= 4 is 28.4 Å². The van der Waals surface area contributed by atoms with E-state index in [1.807, 2.05) is 49.4 Å². The van der Waals surface area contributed by atoms with Gasteiger partial charge in [0, 0.05) is 35.5 Å². The first-order valence-corrected chi connectivity index (χ1v) is 10.9. The van der Waals surface area contributed by atoms with Crippen LogP contribution in [0.1, 0.15) is 47.8 Å². The molecule has 0 radical (unpaired) electrons. The van der Waals surface area contributed by atoms with Gasteiger partial charge in [-0.05, 0) is 24.5 Å². The Hall–Kier alpha value is -0.734. The van der Waals surface area contributed by atoms with Gasteiger partial charge in [0.25, 0.3) is 0 Å². The van der Waals surface area contributed by atoms with Crippen LogP contribution in [-0.4, -0.2) is 11.5 Å². The number of fused-ring (bicyclic) bond motifs is 1. The summed E-state index contributed by atoms with van der Waals surface area (Å²) in [6.07, 6.45) is 3.43. The molecule has 1 fully saturated rings. The van der Waals surface area contributed by atoms with Gasteiger partial charge in [0.05, 0.1) is 5.69 Å². The van der Waals surface area contributed by atoms with E-state index in [1.165, 1.54) is 34.0 Å². The number of nitrogens with two attached hydrogens (primary N) is 1. The summed E-state index contributed by atoms with van der Waals surface area (Å²) in [5.74, 6) is 0. The number of benzene rings is 2. The van der Waals surface area contributed by atoms with E-state index >= 15 is 0 Å². The van der Waals surface area contributed by atoms with Crippen LogP contribution in [-0.2, 0) is 18.4 Å². The van der Waals surface area contributed by atoms with Gasteiger partial charge >= 0.3 is 51.4 Å². The molecular formula is C23H27KN4S. The zero-order valence-corrected chi connectivity index (χ0v) is 21.5. The second-order valence-electron chi connectivity index (χ2n) is 7.12. The molecule has 1 aliphatic heterocycles. The van der Waals surface area contributed by atoms with Gasteiger partial charge in [-0.25, -0.2) is 4.98 Å². The predicted octanol–water partition coefficient (Wildman–Crippen LogP) is 2.82. The standard InChI is InChI=1S/C21H21N4S.C2H6.K/c22-16-3-1-2-4-17(16)24-15-7-5-14(6-8-15)21(10-11-21)20-25-18-9-12-23-13-19(18)26-20;1-2;/h1-8,23H,9-13,22H2;1-2H3;/q-1;;+1. The Labute approximate surface area is 220 Å². The summed E-state index contributed by atoms with van der Waals surface area (Å²) in [4.78, 5) is 6.42. The molecule has 0 saturated heterocycles. The van der Waals surface area contributed by atoms with Gasteiger partial charge in [-0.3, -0.25) is 0 Å². The molecule has 2 heterocycles. The summed E-state index contributed by atoms with van der Waals surface area (Å²) in [5, 5.41) is 9.41. The van der Waals surface area contributed by atoms with Gasteiger partial charge in [-0.2, -0.15) is 0 Å². The zero-order valence-electron chi connectivity index (χ0n) is 17.5. The second kappa shape index (κ2) is 10.0. The van der Waals surface area contributed by atoms with Crippen molar-refractivity contribution in [2.45, 2.75) is 45.1 Å². The fourth-order valence-corrected chi connectivity index (χ4v) is 5.01. The van der Waals surface area contributed by atoms with E-state index in [4.69, 9.17) is 10.7 Å². The van der Waals surface area contributed by atoms with Crippen LogP contribution in [0.15, 0.2) is 48.5 Å². The topological polar surface area (TPSA) is 65.0 Å². The van der Waals surface area contributed by atoms with Crippen LogP contribution in [0.3, 0.4) is 0 Å². The fourth-order valence-electron chi connectivity index (χ4n) is 3.66. The Kier molecular flexibility index (Phi) is 7.95. The molecule has 0 amide bonds. The number of para-hydroxylation sites is 2. The number of thiazole rings is 1. The Morgan fingerprint density at radius 2 is 1.79 bits per heavy atom. The van der Waals surface area contributed by atoms with Gasteiger partial charge in [0.15, 0.2) is 0 Å². The third kappa shape index (κ3) is 4.79. The fraction of sp³-hybridized carbons (Fsp3) is 0.348. The third-order valence-electron chi connectivity index (χ3n) is 5.37. The van der Waals surface area contributed by atoms with E-state index in [2.05, 4.69) is 34.9 Å². The van der Waals surface area contributed by atoms with Gasteiger partial charge in [-0.15, -0.1) is 22.7 Å². The maximum Gasteiger partial charge on any atom is 1.00 e. The Balaban J connectivity index is 0.000000778. The van der Waals surface area contributed by atoms with Gasteiger partial charge in [-0.1, -0.05) is 56.3 Å². The number of anilines is 1. The van der Waals surface area contributed by atoms with Crippen molar-refractivity contribution in [3.8, 4) is 0 Å². The van der Waals surface area contributed by atoms with Gasteiger partial charge in [0.1, 0.15) is 5.01 Å². The van der Waals surface area contributed by atoms with Crippen molar-refractivity contribution in [3.05, 3.63) is 75.0 Å². The number of hydrogen-bond donors (Lipinski definition) is 2. The molecule has 1 saturated carbocycles. The number of aromatic nitrogens is 1. The molecule has 1 aliphatic carbocycles. The number of rotatable bonds is 4. The maximum atomic E-state index is 6.00. The monoisotopic (exact) mass is 430 g/mol. The molecule has 2 aliphatic rings. The van der Waals surface area contributed by atoms with Gasteiger partial charge in [0.2, 0.25) is 0 Å². The molecule has 3 N–H and O–H groups in total. The molecule has 2 aromatic carbocycles. The molecule has 6 heteroatoms. The second-order valence-corrected chi connectivity index (χ2v) is 8.20. The van der Waals surface area contributed by atoms with Crippen LogP contribution in [0.25, 0.3) is 5.32 Å². The van der Waals surface area contributed by atoms with Crippen molar-refractivity contribution in [1.29, 1.82) is 0 Å². The van der Waals surface area contributed by atoms with Crippen molar-refractivity contribution in [1.82, 2.24) is 10.3 Å². The molecule has 0 bridgehead atoms. The van der Waals surface area contributed by atoms with Crippen LogP contribution in [0.5, 0.6) is 0 Å². The average molecular weight is 431 g/mol. The number of nitrogens with zero attached hydrogens (tertiary/aromatic N) is 2. The Morgan fingerprint density at radius 1 is 1.07 bits per heavy atom. The first-order valence-electron chi connectivity index (χ1n) is 10.1. The molecule has 1 aromatic heterocycles. The Morgan fingerprint density at radius 3 is 2.45 bits per heavy atom. The molecule has 0 spiro atoms. The van der Waals surface area contributed by atoms with Crippen molar-refractivity contribution < 1.29 is 51.4 Å². The van der Waals surface area contributed by atoms with E-state index < -0.39 is 0 Å². The molecule has 4 nitrogen and oxygen atoms in total. The van der Waals surface area contributed by atoms with E-state index in [-0.39, 0.29) is 56.8 Å². The number of nitrogen functional groups attached to an aromatic ring is 1. The van der Waals surface area contributed by atoms with Crippen LogP contribution in [0.4, 0.5) is 17.1 Å². The van der Waals surface area contributed by atoms with E-state index in [9.17, 15) is 0 Å². The summed E-state index contributed by atoms with van der Waals surface area (Å²) >= 11 is 1.89. The van der Waals surface area contributed by atoms with Crippen LogP contribution >= 0.6 is 11.3 Å². The molecule has 0 unspecified atom stereocenters. The van der Waals surface area contributed by atoms with E-state index in [0.717, 1.165) is 30.9 Å². The van der Waals surface area contributed by atoms with Crippen LogP contribution < -0.4 is 62.4 Å². The first-order chi connectivity index (χ1) is 13.7. The number of hydrogen-bond acceptors (Lipinski definition) is 4. The molecule has 146 valence electrons.